The first-order valence-electron chi connectivity index (χ1n) is 9.64. The standard InChI is InChI=1S/C20H30FN5O/c1-14-8-16(21)10-25(14)18(27)9-22-11-20(5)7-6-17(19(20,3)4)15(2)26-13-23-12-24-26/h11-14,16-17H,2,6-10H2,1,3-5H3/t14?,16?,17-,20+/m0/s1. The molecule has 2 aliphatic rings. The van der Waals surface area contributed by atoms with E-state index in [0.29, 0.717) is 6.42 Å². The van der Waals surface area contributed by atoms with Crippen LogP contribution in [0.5, 0.6) is 0 Å². The van der Waals surface area contributed by atoms with Crippen LogP contribution in [0.3, 0.4) is 0 Å². The molecule has 1 amide bonds. The van der Waals surface area contributed by atoms with Crippen molar-refractivity contribution >= 4 is 17.8 Å². The molecule has 4 atom stereocenters. The van der Waals surface area contributed by atoms with Crippen molar-refractivity contribution in [2.75, 3.05) is 13.1 Å². The van der Waals surface area contributed by atoms with Crippen LogP contribution < -0.4 is 0 Å². The maximum absolute atomic E-state index is 13.5. The lowest BCUT2D eigenvalue weighted by atomic mass is 9.66. The molecule has 1 saturated heterocycles. The third-order valence-electron chi connectivity index (χ3n) is 6.86. The van der Waals surface area contributed by atoms with Crippen molar-refractivity contribution < 1.29 is 9.18 Å². The van der Waals surface area contributed by atoms with Gasteiger partial charge in [-0.15, -0.1) is 0 Å². The van der Waals surface area contributed by atoms with E-state index in [0.717, 1.165) is 18.5 Å². The van der Waals surface area contributed by atoms with Gasteiger partial charge in [0.15, 0.2) is 0 Å². The number of carbonyl (C=O) groups is 1. The van der Waals surface area contributed by atoms with E-state index in [4.69, 9.17) is 0 Å². The molecular weight excluding hydrogens is 345 g/mol. The van der Waals surface area contributed by atoms with Crippen LogP contribution >= 0.6 is 0 Å². The van der Waals surface area contributed by atoms with Crippen molar-refractivity contribution in [1.82, 2.24) is 19.7 Å². The Hall–Kier alpha value is -2.05. The molecule has 2 fully saturated rings. The largest absolute Gasteiger partial charge is 0.335 e. The monoisotopic (exact) mass is 375 g/mol. The first-order chi connectivity index (χ1) is 12.7. The molecule has 148 valence electrons. The quantitative estimate of drug-likeness (QED) is 0.742. The molecule has 1 aromatic rings. The zero-order valence-electron chi connectivity index (χ0n) is 16.7. The number of aliphatic imine (C=N–C) groups is 1. The number of carbonyl (C=O) groups excluding carboxylic acids is 1. The molecule has 2 unspecified atom stereocenters. The fraction of sp³-hybridized carbons (Fsp3) is 0.700. The Morgan fingerprint density at radius 2 is 2.19 bits per heavy atom. The van der Waals surface area contributed by atoms with Gasteiger partial charge in [0, 0.05) is 35.7 Å². The Balaban J connectivity index is 1.66. The zero-order valence-corrected chi connectivity index (χ0v) is 16.7. The Morgan fingerprint density at radius 1 is 1.44 bits per heavy atom. The first-order valence-corrected chi connectivity index (χ1v) is 9.64. The third-order valence-corrected chi connectivity index (χ3v) is 6.86. The lowest BCUT2D eigenvalue weighted by molar-refractivity contribution is -0.130. The summed E-state index contributed by atoms with van der Waals surface area (Å²) < 4.78 is 15.2. The Bertz CT molecular complexity index is 729. The summed E-state index contributed by atoms with van der Waals surface area (Å²) in [6, 6.07) is -0.0448. The van der Waals surface area contributed by atoms with E-state index < -0.39 is 6.17 Å². The highest BCUT2D eigenvalue weighted by atomic mass is 19.1. The molecule has 0 N–H and O–H groups in total. The number of aromatic nitrogens is 3. The summed E-state index contributed by atoms with van der Waals surface area (Å²) in [6.45, 7) is 13.0. The molecule has 3 rings (SSSR count). The second-order valence-electron chi connectivity index (χ2n) is 8.76. The van der Waals surface area contributed by atoms with Gasteiger partial charge in [-0.3, -0.25) is 9.79 Å². The SMILES string of the molecule is C=C([C@@H]1CC[C@](C)(C=NCC(=O)N2CC(F)CC2C)C1(C)C)n1cncn1. The minimum absolute atomic E-state index is 0.0448. The molecule has 1 saturated carbocycles. The fourth-order valence-corrected chi connectivity index (χ4v) is 4.58. The van der Waals surface area contributed by atoms with Crippen molar-refractivity contribution in [3.8, 4) is 0 Å². The second kappa shape index (κ2) is 7.17. The fourth-order valence-electron chi connectivity index (χ4n) is 4.58. The third kappa shape index (κ3) is 3.56. The van der Waals surface area contributed by atoms with Crippen molar-refractivity contribution in [2.24, 2.45) is 21.7 Å². The number of likely N-dealkylation sites (tertiary alicyclic amines) is 1. The van der Waals surface area contributed by atoms with Gasteiger partial charge in [-0.1, -0.05) is 27.4 Å². The lowest BCUT2D eigenvalue weighted by Gasteiger charge is -2.39. The average molecular weight is 375 g/mol. The van der Waals surface area contributed by atoms with Crippen LogP contribution in [0.15, 0.2) is 24.2 Å². The van der Waals surface area contributed by atoms with Crippen molar-refractivity contribution in [3.63, 3.8) is 0 Å². The molecule has 0 spiro atoms. The summed E-state index contributed by atoms with van der Waals surface area (Å²) in [4.78, 5) is 22.5. The van der Waals surface area contributed by atoms with Crippen molar-refractivity contribution in [2.45, 2.75) is 59.2 Å². The van der Waals surface area contributed by atoms with Gasteiger partial charge >= 0.3 is 0 Å². The van der Waals surface area contributed by atoms with E-state index in [-0.39, 0.29) is 41.8 Å². The molecule has 2 heterocycles. The van der Waals surface area contributed by atoms with Gasteiger partial charge < -0.3 is 4.90 Å². The molecule has 1 aliphatic heterocycles. The molecule has 0 radical (unpaired) electrons. The van der Waals surface area contributed by atoms with Crippen LogP contribution in [-0.4, -0.2) is 57.1 Å². The van der Waals surface area contributed by atoms with Gasteiger partial charge in [-0.25, -0.2) is 14.1 Å². The molecule has 7 heteroatoms. The minimum Gasteiger partial charge on any atom is -0.335 e. The van der Waals surface area contributed by atoms with E-state index >= 15 is 0 Å². The van der Waals surface area contributed by atoms with Gasteiger partial charge in [0.1, 0.15) is 25.4 Å². The van der Waals surface area contributed by atoms with E-state index in [9.17, 15) is 9.18 Å². The predicted octanol–water partition coefficient (Wildman–Crippen LogP) is 3.22. The number of hydrogen-bond donors (Lipinski definition) is 0. The lowest BCUT2D eigenvalue weighted by Crippen LogP contribution is -2.38. The van der Waals surface area contributed by atoms with E-state index in [2.05, 4.69) is 42.4 Å². The summed E-state index contributed by atoms with van der Waals surface area (Å²) in [6.07, 6.45) is 6.58. The number of rotatable bonds is 5. The van der Waals surface area contributed by atoms with E-state index in [1.807, 2.05) is 13.1 Å². The number of amides is 1. The highest BCUT2D eigenvalue weighted by molar-refractivity contribution is 5.81. The van der Waals surface area contributed by atoms with E-state index in [1.165, 1.54) is 6.33 Å². The zero-order chi connectivity index (χ0) is 19.8. The number of halogens is 1. The molecule has 0 bridgehead atoms. The van der Waals surface area contributed by atoms with Crippen LogP contribution in [0.4, 0.5) is 4.39 Å². The van der Waals surface area contributed by atoms with Gasteiger partial charge in [0.2, 0.25) is 5.91 Å². The molecule has 6 nitrogen and oxygen atoms in total. The Labute approximate surface area is 160 Å². The summed E-state index contributed by atoms with van der Waals surface area (Å²) in [5, 5.41) is 4.21. The maximum atomic E-state index is 13.5. The maximum Gasteiger partial charge on any atom is 0.244 e. The number of nitrogens with zero attached hydrogens (tertiary/aromatic N) is 5. The minimum atomic E-state index is -0.914. The number of hydrogen-bond acceptors (Lipinski definition) is 4. The van der Waals surface area contributed by atoms with Crippen LogP contribution in [0, 0.1) is 16.7 Å². The number of allylic oxidation sites excluding steroid dienone is 1. The van der Waals surface area contributed by atoms with Gasteiger partial charge in [-0.2, -0.15) is 5.10 Å². The van der Waals surface area contributed by atoms with Crippen LogP contribution in [0.1, 0.15) is 47.0 Å². The Morgan fingerprint density at radius 3 is 2.78 bits per heavy atom. The van der Waals surface area contributed by atoms with Crippen molar-refractivity contribution in [3.05, 3.63) is 19.2 Å². The summed E-state index contributed by atoms with van der Waals surface area (Å²) in [7, 11) is 0. The summed E-state index contributed by atoms with van der Waals surface area (Å²) >= 11 is 0. The molecule has 0 aromatic carbocycles. The normalized spacial score (nSPS) is 33.1. The second-order valence-corrected chi connectivity index (χ2v) is 8.76. The summed E-state index contributed by atoms with van der Waals surface area (Å²) in [5.41, 5.74) is 0.694. The molecule has 1 aromatic heterocycles. The van der Waals surface area contributed by atoms with Gasteiger partial charge in [0.25, 0.3) is 0 Å². The summed E-state index contributed by atoms with van der Waals surface area (Å²) in [5.74, 6) is 0.152. The molecule has 27 heavy (non-hydrogen) atoms. The van der Waals surface area contributed by atoms with Crippen molar-refractivity contribution in [1.29, 1.82) is 0 Å². The topological polar surface area (TPSA) is 63.4 Å². The highest BCUT2D eigenvalue weighted by Crippen LogP contribution is 2.57. The van der Waals surface area contributed by atoms with E-state index in [1.54, 1.807) is 15.9 Å². The number of alkyl halides is 1. The van der Waals surface area contributed by atoms with Crippen LogP contribution in [-0.2, 0) is 4.79 Å². The smallest absolute Gasteiger partial charge is 0.244 e. The van der Waals surface area contributed by atoms with Gasteiger partial charge in [-0.05, 0) is 25.2 Å². The first kappa shape index (κ1) is 19.7. The van der Waals surface area contributed by atoms with Gasteiger partial charge in [0.05, 0.1) is 6.54 Å². The van der Waals surface area contributed by atoms with Crippen LogP contribution in [0.25, 0.3) is 5.70 Å². The highest BCUT2D eigenvalue weighted by Gasteiger charge is 2.51. The molecule has 1 aliphatic carbocycles. The predicted molar refractivity (Wildman–Crippen MR) is 104 cm³/mol. The Kier molecular flexibility index (Phi) is 5.23. The average Bonchev–Trinajstić information content (AvgIpc) is 3.28. The van der Waals surface area contributed by atoms with Crippen LogP contribution in [0.2, 0.25) is 0 Å². The molecular formula is C20H30FN5O.